The SMILES string of the molecule is C#CC12CCC(C)(CC1)C2(C)C. The molecule has 2 fully saturated rings. The van der Waals surface area contributed by atoms with E-state index >= 15 is 0 Å². The zero-order valence-electron chi connectivity index (χ0n) is 8.41. The van der Waals surface area contributed by atoms with Gasteiger partial charge in [-0.2, -0.15) is 0 Å². The van der Waals surface area contributed by atoms with E-state index in [-0.39, 0.29) is 5.41 Å². The smallest absolute Gasteiger partial charge is 0.0368 e. The minimum Gasteiger partial charge on any atom is -0.119 e. The van der Waals surface area contributed by atoms with Crippen molar-refractivity contribution in [2.75, 3.05) is 0 Å². The van der Waals surface area contributed by atoms with Gasteiger partial charge in [0, 0.05) is 5.41 Å². The number of rotatable bonds is 0. The third-order valence-electron chi connectivity index (χ3n) is 5.19. The standard InChI is InChI=1S/C12H18/c1-5-12-8-6-11(4,7-9-12)10(12,2)3/h1H,6-9H2,2-4H3. The maximum atomic E-state index is 5.69. The lowest BCUT2D eigenvalue weighted by atomic mass is 9.65. The van der Waals surface area contributed by atoms with Gasteiger partial charge in [-0.25, -0.2) is 0 Å². The molecule has 0 saturated heterocycles. The summed E-state index contributed by atoms with van der Waals surface area (Å²) < 4.78 is 0. The van der Waals surface area contributed by atoms with Crippen molar-refractivity contribution in [1.29, 1.82) is 0 Å². The van der Waals surface area contributed by atoms with Gasteiger partial charge in [0.05, 0.1) is 0 Å². The van der Waals surface area contributed by atoms with Gasteiger partial charge in [0.25, 0.3) is 0 Å². The molecule has 0 atom stereocenters. The Morgan fingerprint density at radius 2 is 1.50 bits per heavy atom. The van der Waals surface area contributed by atoms with E-state index in [0.29, 0.717) is 10.8 Å². The van der Waals surface area contributed by atoms with Gasteiger partial charge in [-0.3, -0.25) is 0 Å². The minimum absolute atomic E-state index is 0.238. The monoisotopic (exact) mass is 162 g/mol. The molecule has 0 spiro atoms. The molecule has 66 valence electrons. The second-order valence-electron chi connectivity index (χ2n) is 5.41. The molecule has 0 heteroatoms. The molecule has 0 aromatic heterocycles. The van der Waals surface area contributed by atoms with Crippen molar-refractivity contribution < 1.29 is 0 Å². The zero-order chi connectivity index (χ0) is 9.04. The molecule has 12 heavy (non-hydrogen) atoms. The molecule has 0 amide bonds. The fourth-order valence-electron chi connectivity index (χ4n) is 3.38. The molecule has 2 aliphatic carbocycles. The molecule has 0 aromatic carbocycles. The van der Waals surface area contributed by atoms with Gasteiger partial charge in [-0.1, -0.05) is 26.7 Å². The van der Waals surface area contributed by atoms with Crippen LogP contribution in [0.3, 0.4) is 0 Å². The molecule has 0 heterocycles. The molecular formula is C12H18. The Morgan fingerprint density at radius 1 is 1.00 bits per heavy atom. The van der Waals surface area contributed by atoms with Crippen molar-refractivity contribution in [2.24, 2.45) is 16.2 Å². The van der Waals surface area contributed by atoms with Gasteiger partial charge in [0.2, 0.25) is 0 Å². The number of hydrogen-bond donors (Lipinski definition) is 0. The molecule has 2 saturated carbocycles. The highest BCUT2D eigenvalue weighted by Crippen LogP contribution is 2.71. The van der Waals surface area contributed by atoms with Crippen molar-refractivity contribution >= 4 is 0 Å². The molecule has 2 rings (SSSR count). The summed E-state index contributed by atoms with van der Waals surface area (Å²) >= 11 is 0. The van der Waals surface area contributed by atoms with Gasteiger partial charge >= 0.3 is 0 Å². The molecule has 0 aliphatic heterocycles. The highest BCUT2D eigenvalue weighted by atomic mass is 14.7. The average Bonchev–Trinajstić information content (AvgIpc) is 2.34. The number of fused-ring (bicyclic) bond motifs is 2. The van der Waals surface area contributed by atoms with Crippen LogP contribution in [0.5, 0.6) is 0 Å². The summed E-state index contributed by atoms with van der Waals surface area (Å²) in [5.74, 6) is 3.08. The Bertz CT molecular complexity index is 244. The van der Waals surface area contributed by atoms with Crippen LogP contribution in [-0.2, 0) is 0 Å². The predicted molar refractivity (Wildman–Crippen MR) is 51.6 cm³/mol. The Balaban J connectivity index is 2.51. The lowest BCUT2D eigenvalue weighted by Crippen LogP contribution is -2.33. The van der Waals surface area contributed by atoms with Crippen LogP contribution in [0.15, 0.2) is 0 Å². The van der Waals surface area contributed by atoms with Gasteiger partial charge in [-0.05, 0) is 36.5 Å². The summed E-state index contributed by atoms with van der Waals surface area (Å²) in [6, 6.07) is 0. The highest BCUT2D eigenvalue weighted by molar-refractivity contribution is 5.24. The quantitative estimate of drug-likeness (QED) is 0.480. The Labute approximate surface area is 75.7 Å². The predicted octanol–water partition coefficient (Wildman–Crippen LogP) is 3.23. The summed E-state index contributed by atoms with van der Waals surface area (Å²) in [6.07, 6.45) is 10.9. The van der Waals surface area contributed by atoms with Crippen molar-refractivity contribution in [3.63, 3.8) is 0 Å². The molecule has 0 radical (unpaired) electrons. The van der Waals surface area contributed by atoms with Gasteiger partial charge in [-0.15, -0.1) is 6.42 Å². The molecular weight excluding hydrogens is 144 g/mol. The van der Waals surface area contributed by atoms with Crippen molar-refractivity contribution in [3.05, 3.63) is 0 Å². The number of hydrogen-bond acceptors (Lipinski definition) is 0. The third kappa shape index (κ3) is 0.586. The van der Waals surface area contributed by atoms with E-state index in [1.807, 2.05) is 0 Å². The lowest BCUT2D eigenvalue weighted by Gasteiger charge is -2.38. The third-order valence-corrected chi connectivity index (χ3v) is 5.19. The van der Waals surface area contributed by atoms with Crippen LogP contribution in [-0.4, -0.2) is 0 Å². The Kier molecular flexibility index (Phi) is 1.29. The summed E-state index contributed by atoms with van der Waals surface area (Å²) in [7, 11) is 0. The first-order valence-electron chi connectivity index (χ1n) is 4.95. The van der Waals surface area contributed by atoms with E-state index in [2.05, 4.69) is 26.7 Å². The summed E-state index contributed by atoms with van der Waals surface area (Å²) in [5, 5.41) is 0. The average molecular weight is 162 g/mol. The number of terminal acetylenes is 1. The fraction of sp³-hybridized carbons (Fsp3) is 0.833. The van der Waals surface area contributed by atoms with Crippen LogP contribution in [0.25, 0.3) is 0 Å². The van der Waals surface area contributed by atoms with Crippen molar-refractivity contribution in [1.82, 2.24) is 0 Å². The first-order valence-corrected chi connectivity index (χ1v) is 4.95. The Morgan fingerprint density at radius 3 is 1.67 bits per heavy atom. The topological polar surface area (TPSA) is 0 Å². The van der Waals surface area contributed by atoms with Crippen LogP contribution in [0.2, 0.25) is 0 Å². The molecule has 0 unspecified atom stereocenters. The summed E-state index contributed by atoms with van der Waals surface area (Å²) in [4.78, 5) is 0. The van der Waals surface area contributed by atoms with Crippen LogP contribution < -0.4 is 0 Å². The molecule has 0 N–H and O–H groups in total. The zero-order valence-corrected chi connectivity index (χ0v) is 8.41. The summed E-state index contributed by atoms with van der Waals surface area (Å²) in [5.41, 5.74) is 1.13. The van der Waals surface area contributed by atoms with Crippen molar-refractivity contribution in [3.8, 4) is 12.3 Å². The Hall–Kier alpha value is -0.440. The van der Waals surface area contributed by atoms with E-state index in [0.717, 1.165) is 0 Å². The molecule has 2 aliphatic rings. The maximum Gasteiger partial charge on any atom is 0.0368 e. The lowest BCUT2D eigenvalue weighted by molar-refractivity contribution is 0.125. The highest BCUT2D eigenvalue weighted by Gasteiger charge is 2.64. The van der Waals surface area contributed by atoms with E-state index in [4.69, 9.17) is 6.42 Å². The second kappa shape index (κ2) is 1.90. The van der Waals surface area contributed by atoms with E-state index < -0.39 is 0 Å². The van der Waals surface area contributed by atoms with E-state index in [1.54, 1.807) is 0 Å². The maximum absolute atomic E-state index is 5.69. The first kappa shape index (κ1) is 8.17. The van der Waals surface area contributed by atoms with Gasteiger partial charge in [0.15, 0.2) is 0 Å². The van der Waals surface area contributed by atoms with Crippen LogP contribution in [0, 0.1) is 28.6 Å². The van der Waals surface area contributed by atoms with E-state index in [9.17, 15) is 0 Å². The minimum atomic E-state index is 0.238. The van der Waals surface area contributed by atoms with Crippen LogP contribution in [0.1, 0.15) is 46.5 Å². The van der Waals surface area contributed by atoms with Crippen LogP contribution >= 0.6 is 0 Å². The first-order chi connectivity index (χ1) is 5.47. The second-order valence-corrected chi connectivity index (χ2v) is 5.41. The molecule has 2 bridgehead atoms. The normalized spacial score (nSPS) is 49.2. The largest absolute Gasteiger partial charge is 0.119 e. The van der Waals surface area contributed by atoms with Gasteiger partial charge in [0.1, 0.15) is 0 Å². The van der Waals surface area contributed by atoms with E-state index in [1.165, 1.54) is 25.7 Å². The van der Waals surface area contributed by atoms with Crippen molar-refractivity contribution in [2.45, 2.75) is 46.5 Å². The molecule has 0 nitrogen and oxygen atoms in total. The van der Waals surface area contributed by atoms with Gasteiger partial charge < -0.3 is 0 Å². The molecule has 0 aromatic rings. The fourth-order valence-corrected chi connectivity index (χ4v) is 3.38. The summed E-state index contributed by atoms with van der Waals surface area (Å²) in [6.45, 7) is 7.15. The van der Waals surface area contributed by atoms with Crippen LogP contribution in [0.4, 0.5) is 0 Å².